The van der Waals surface area contributed by atoms with Crippen molar-refractivity contribution in [1.29, 1.82) is 0 Å². The minimum Gasteiger partial charge on any atom is -0.352 e. The molecular weight excluding hydrogens is 387 g/mol. The second-order valence-corrected chi connectivity index (χ2v) is 6.54. The number of anilines is 1. The minimum atomic E-state index is -4.97. The van der Waals surface area contributed by atoms with Crippen LogP contribution in [0.1, 0.15) is 23.6 Å². The molecule has 0 radical (unpaired) electrons. The van der Waals surface area contributed by atoms with Gasteiger partial charge >= 0.3 is 17.3 Å². The van der Waals surface area contributed by atoms with E-state index in [0.29, 0.717) is 12.2 Å². The number of rotatable bonds is 5. The second kappa shape index (κ2) is 7.17. The molecule has 25 heavy (non-hydrogen) atoms. The van der Waals surface area contributed by atoms with Crippen molar-refractivity contribution in [3.63, 3.8) is 0 Å². The minimum absolute atomic E-state index is 0.250. The summed E-state index contributed by atoms with van der Waals surface area (Å²) in [5.41, 5.74) is 0.0879. The molecule has 142 valence electrons. The molecule has 0 aliphatic rings. The number of aliphatic hydroxyl groups is 1. The van der Waals surface area contributed by atoms with Gasteiger partial charge in [-0.3, -0.25) is 4.90 Å². The number of urea groups is 1. The molecule has 0 bridgehead atoms. The summed E-state index contributed by atoms with van der Waals surface area (Å²) in [4.78, 5) is 13.1. The Kier molecular flexibility index (Phi) is 6.25. The summed E-state index contributed by atoms with van der Waals surface area (Å²) < 4.78 is 54.5. The van der Waals surface area contributed by atoms with E-state index in [1.54, 1.807) is 6.92 Å². The Balaban J connectivity index is 3.42. The number of halogens is 6. The highest BCUT2D eigenvalue weighted by molar-refractivity contribution is 6.26. The van der Waals surface area contributed by atoms with Crippen molar-refractivity contribution in [2.75, 3.05) is 18.5 Å². The van der Waals surface area contributed by atoms with Gasteiger partial charge in [-0.1, -0.05) is 11.6 Å². The van der Waals surface area contributed by atoms with Crippen molar-refractivity contribution in [3.05, 3.63) is 28.8 Å². The molecule has 2 amide bonds. The Bertz CT molecular complexity index is 640. The first-order valence-corrected chi connectivity index (χ1v) is 7.93. The maximum atomic E-state index is 14.6. The number of hydrogen-bond donors (Lipinski definition) is 2. The SMILES string of the molecule is CCNC(=O)N(C)c1c(C)cc(C(F)(Cl)C(O)(F)C(F)(F)Cl)cc1C. The fourth-order valence-corrected chi connectivity index (χ4v) is 2.81. The van der Waals surface area contributed by atoms with Crippen LogP contribution in [0.2, 0.25) is 0 Å². The monoisotopic (exact) mass is 404 g/mol. The molecule has 2 unspecified atom stereocenters. The van der Waals surface area contributed by atoms with Crippen LogP contribution in [0.5, 0.6) is 0 Å². The second-order valence-electron chi connectivity index (χ2n) is 5.55. The van der Waals surface area contributed by atoms with Gasteiger partial charge in [0, 0.05) is 19.2 Å². The largest absolute Gasteiger partial charge is 0.384 e. The third-order valence-electron chi connectivity index (χ3n) is 3.61. The molecule has 0 aliphatic carbocycles. The highest BCUT2D eigenvalue weighted by Gasteiger charge is 2.68. The first-order valence-electron chi connectivity index (χ1n) is 7.17. The number of alkyl halides is 6. The van der Waals surface area contributed by atoms with Crippen molar-refractivity contribution in [2.24, 2.45) is 0 Å². The van der Waals surface area contributed by atoms with E-state index in [-0.39, 0.29) is 11.1 Å². The predicted molar refractivity (Wildman–Crippen MR) is 88.9 cm³/mol. The molecule has 0 saturated heterocycles. The molecule has 0 spiro atoms. The van der Waals surface area contributed by atoms with Crippen LogP contribution >= 0.6 is 23.2 Å². The Hall–Kier alpha value is -1.25. The van der Waals surface area contributed by atoms with Crippen LogP contribution < -0.4 is 10.2 Å². The molecule has 2 atom stereocenters. The van der Waals surface area contributed by atoms with Crippen LogP contribution in [0.25, 0.3) is 0 Å². The van der Waals surface area contributed by atoms with E-state index in [9.17, 15) is 27.5 Å². The Morgan fingerprint density at radius 3 is 2.00 bits per heavy atom. The smallest absolute Gasteiger partial charge is 0.352 e. The summed E-state index contributed by atoms with van der Waals surface area (Å²) in [5.74, 6) is -4.87. The summed E-state index contributed by atoms with van der Waals surface area (Å²) in [6, 6.07) is 1.46. The molecule has 0 fully saturated rings. The number of hydrogen-bond acceptors (Lipinski definition) is 2. The fraction of sp³-hybridized carbons (Fsp3) is 0.533. The van der Waals surface area contributed by atoms with Crippen LogP contribution in [0, 0.1) is 13.8 Å². The Morgan fingerprint density at radius 2 is 1.64 bits per heavy atom. The van der Waals surface area contributed by atoms with Gasteiger partial charge in [-0.2, -0.15) is 13.2 Å². The zero-order chi connectivity index (χ0) is 19.8. The van der Waals surface area contributed by atoms with Gasteiger partial charge in [-0.15, -0.1) is 0 Å². The lowest BCUT2D eigenvalue weighted by atomic mass is 9.96. The highest BCUT2D eigenvalue weighted by Crippen LogP contribution is 2.52. The molecule has 0 aliphatic heterocycles. The Labute approximate surface area is 152 Å². The van der Waals surface area contributed by atoms with Gasteiger partial charge in [0.05, 0.1) is 5.69 Å². The van der Waals surface area contributed by atoms with Crippen molar-refractivity contribution in [3.8, 4) is 0 Å². The molecule has 0 heterocycles. The molecule has 1 aromatic carbocycles. The van der Waals surface area contributed by atoms with E-state index >= 15 is 0 Å². The molecule has 1 aromatic rings. The number of nitrogens with zero attached hydrogens (tertiary/aromatic N) is 1. The quantitative estimate of drug-likeness (QED) is 0.567. The topological polar surface area (TPSA) is 52.6 Å². The van der Waals surface area contributed by atoms with Crippen LogP contribution in [-0.2, 0) is 5.13 Å². The van der Waals surface area contributed by atoms with Gasteiger partial charge < -0.3 is 10.4 Å². The van der Waals surface area contributed by atoms with Crippen LogP contribution in [0.3, 0.4) is 0 Å². The normalized spacial score (nSPS) is 16.8. The average Bonchev–Trinajstić information content (AvgIpc) is 2.45. The highest BCUT2D eigenvalue weighted by atomic mass is 35.5. The molecule has 2 N–H and O–H groups in total. The molecule has 10 heteroatoms. The fourth-order valence-electron chi connectivity index (χ4n) is 2.41. The number of benzene rings is 1. The number of carbonyl (C=O) groups excluding carboxylic acids is 1. The first-order chi connectivity index (χ1) is 11.2. The number of carbonyl (C=O) groups is 1. The van der Waals surface area contributed by atoms with Gasteiger partial charge in [0.15, 0.2) is 0 Å². The summed E-state index contributed by atoms with van der Waals surface area (Å²) in [7, 11) is 1.45. The van der Waals surface area contributed by atoms with E-state index in [0.717, 1.165) is 12.1 Å². The zero-order valence-electron chi connectivity index (χ0n) is 13.9. The molecule has 4 nitrogen and oxygen atoms in total. The standard InChI is InChI=1S/C15H18Cl2F4N2O2/c1-5-22-12(24)23(4)11-8(2)6-10(7-9(11)3)13(16,18)14(19,25)15(17,20)21/h6-7,25H,5H2,1-4H3,(H,22,24). The lowest BCUT2D eigenvalue weighted by Crippen LogP contribution is -2.52. The maximum absolute atomic E-state index is 14.6. The van der Waals surface area contributed by atoms with Crippen LogP contribution in [0.15, 0.2) is 12.1 Å². The van der Waals surface area contributed by atoms with E-state index in [4.69, 9.17) is 11.6 Å². The van der Waals surface area contributed by atoms with Crippen molar-refractivity contribution >= 4 is 34.9 Å². The van der Waals surface area contributed by atoms with Gasteiger partial charge in [0.2, 0.25) is 0 Å². The Morgan fingerprint density at radius 1 is 1.20 bits per heavy atom. The van der Waals surface area contributed by atoms with Crippen molar-refractivity contribution in [1.82, 2.24) is 5.32 Å². The van der Waals surface area contributed by atoms with Crippen LogP contribution in [0.4, 0.5) is 28.0 Å². The van der Waals surface area contributed by atoms with E-state index in [1.165, 1.54) is 25.8 Å². The third kappa shape index (κ3) is 3.96. The van der Waals surface area contributed by atoms with Crippen molar-refractivity contribution < 1.29 is 27.5 Å². The molecular formula is C15H18Cl2F4N2O2. The van der Waals surface area contributed by atoms with E-state index in [2.05, 4.69) is 16.9 Å². The van der Waals surface area contributed by atoms with E-state index < -0.39 is 28.0 Å². The van der Waals surface area contributed by atoms with Gasteiger partial charge in [-0.05, 0) is 55.6 Å². The lowest BCUT2D eigenvalue weighted by Gasteiger charge is -2.34. The summed E-state index contributed by atoms with van der Waals surface area (Å²) in [6.45, 7) is 4.98. The lowest BCUT2D eigenvalue weighted by molar-refractivity contribution is -0.260. The number of nitrogens with one attached hydrogen (secondary N) is 1. The summed E-state index contributed by atoms with van der Waals surface area (Å²) in [6.07, 6.45) is 0. The summed E-state index contributed by atoms with van der Waals surface area (Å²) >= 11 is 9.73. The summed E-state index contributed by atoms with van der Waals surface area (Å²) in [5, 5.41) is 2.79. The number of amides is 2. The predicted octanol–water partition coefficient (Wildman–Crippen LogP) is 4.32. The van der Waals surface area contributed by atoms with Gasteiger partial charge in [-0.25, -0.2) is 9.18 Å². The first kappa shape index (κ1) is 21.8. The maximum Gasteiger partial charge on any atom is 0.384 e. The zero-order valence-corrected chi connectivity index (χ0v) is 15.4. The van der Waals surface area contributed by atoms with Gasteiger partial charge in [0.25, 0.3) is 5.13 Å². The van der Waals surface area contributed by atoms with E-state index in [1.807, 2.05) is 0 Å². The van der Waals surface area contributed by atoms with Crippen molar-refractivity contribution in [2.45, 2.75) is 37.1 Å². The molecule has 0 aromatic heterocycles. The third-order valence-corrected chi connectivity index (χ3v) is 4.33. The average molecular weight is 405 g/mol. The molecule has 0 saturated carbocycles. The van der Waals surface area contributed by atoms with Crippen LogP contribution in [-0.4, -0.2) is 36.0 Å². The van der Waals surface area contributed by atoms with Gasteiger partial charge in [0.1, 0.15) is 0 Å². The molecule has 1 rings (SSSR count). The number of aryl methyl sites for hydroxylation is 2.